The zero-order valence-electron chi connectivity index (χ0n) is 12.7. The summed E-state index contributed by atoms with van der Waals surface area (Å²) in [5.74, 6) is -0.476. The van der Waals surface area contributed by atoms with Crippen LogP contribution in [0.25, 0.3) is 10.9 Å². The first-order valence-electron chi connectivity index (χ1n) is 7.21. The van der Waals surface area contributed by atoms with Crippen molar-refractivity contribution in [1.82, 2.24) is 9.88 Å². The Kier molecular flexibility index (Phi) is 3.96. The lowest BCUT2D eigenvalue weighted by Gasteiger charge is -2.39. The molecule has 22 heavy (non-hydrogen) atoms. The van der Waals surface area contributed by atoms with Crippen LogP contribution in [0.2, 0.25) is 0 Å². The number of piperazine rings is 1. The Morgan fingerprint density at radius 3 is 2.86 bits per heavy atom. The summed E-state index contributed by atoms with van der Waals surface area (Å²) in [5, 5.41) is 11.3. The SMILES string of the molecule is COC(=O)c1cc(N2CCN(C)CC2O)c2ccccc2n1. The molecule has 1 aliphatic rings. The third-order valence-electron chi connectivity index (χ3n) is 3.96. The van der Waals surface area contributed by atoms with E-state index >= 15 is 0 Å². The largest absolute Gasteiger partial charge is 0.464 e. The third kappa shape index (κ3) is 2.63. The third-order valence-corrected chi connectivity index (χ3v) is 3.96. The predicted octanol–water partition coefficient (Wildman–Crippen LogP) is 1.09. The molecule has 2 heterocycles. The van der Waals surface area contributed by atoms with Gasteiger partial charge >= 0.3 is 5.97 Å². The molecule has 0 saturated carbocycles. The number of β-amino-alcohol motifs (C(OH)–C–C–N with tert-alkyl or cyclic N) is 1. The average molecular weight is 301 g/mol. The van der Waals surface area contributed by atoms with Gasteiger partial charge in [0.15, 0.2) is 5.69 Å². The first-order valence-corrected chi connectivity index (χ1v) is 7.21. The number of hydrogen-bond donors (Lipinski definition) is 1. The molecule has 1 atom stereocenters. The Hall–Kier alpha value is -2.18. The summed E-state index contributed by atoms with van der Waals surface area (Å²) < 4.78 is 4.78. The van der Waals surface area contributed by atoms with E-state index in [9.17, 15) is 9.90 Å². The maximum Gasteiger partial charge on any atom is 0.356 e. The summed E-state index contributed by atoms with van der Waals surface area (Å²) in [4.78, 5) is 20.2. The highest BCUT2D eigenvalue weighted by molar-refractivity contribution is 5.98. The normalized spacial score (nSPS) is 19.4. The van der Waals surface area contributed by atoms with Crippen LogP contribution in [0.4, 0.5) is 5.69 Å². The summed E-state index contributed by atoms with van der Waals surface area (Å²) in [7, 11) is 3.31. The van der Waals surface area contributed by atoms with Gasteiger partial charge in [0.25, 0.3) is 0 Å². The number of carbonyl (C=O) groups is 1. The fraction of sp³-hybridized carbons (Fsp3) is 0.375. The van der Waals surface area contributed by atoms with Gasteiger partial charge in [0.2, 0.25) is 0 Å². The smallest absolute Gasteiger partial charge is 0.356 e. The molecule has 0 amide bonds. The van der Waals surface area contributed by atoms with E-state index in [1.54, 1.807) is 6.07 Å². The van der Waals surface area contributed by atoms with Crippen molar-refractivity contribution in [3.05, 3.63) is 36.0 Å². The molecule has 1 fully saturated rings. The first-order chi connectivity index (χ1) is 10.6. The highest BCUT2D eigenvalue weighted by Crippen LogP contribution is 2.29. The molecule has 1 unspecified atom stereocenters. The number of aliphatic hydroxyl groups excluding tert-OH is 1. The number of pyridine rings is 1. The first kappa shape index (κ1) is 14.7. The Labute approximate surface area is 128 Å². The summed E-state index contributed by atoms with van der Waals surface area (Å²) in [6.07, 6.45) is -0.616. The maximum absolute atomic E-state index is 11.9. The summed E-state index contributed by atoms with van der Waals surface area (Å²) in [5.41, 5.74) is 1.78. The van der Waals surface area contributed by atoms with Gasteiger partial charge in [-0.25, -0.2) is 9.78 Å². The number of benzene rings is 1. The van der Waals surface area contributed by atoms with Crippen LogP contribution in [0.3, 0.4) is 0 Å². The van der Waals surface area contributed by atoms with E-state index < -0.39 is 12.2 Å². The number of esters is 1. The lowest BCUT2D eigenvalue weighted by Crippen LogP contribution is -2.52. The highest BCUT2D eigenvalue weighted by atomic mass is 16.5. The second-order valence-electron chi connectivity index (χ2n) is 5.47. The van der Waals surface area contributed by atoms with Gasteiger partial charge < -0.3 is 19.6 Å². The molecule has 0 bridgehead atoms. The molecule has 1 N–H and O–H groups in total. The molecule has 1 aromatic carbocycles. The minimum Gasteiger partial charge on any atom is -0.464 e. The van der Waals surface area contributed by atoms with Gasteiger partial charge in [-0.3, -0.25) is 0 Å². The van der Waals surface area contributed by atoms with E-state index in [2.05, 4.69) is 9.88 Å². The van der Waals surface area contributed by atoms with Gasteiger partial charge in [0.05, 0.1) is 18.3 Å². The Morgan fingerprint density at radius 2 is 2.14 bits per heavy atom. The molecule has 3 rings (SSSR count). The van der Waals surface area contributed by atoms with Gasteiger partial charge in [-0.15, -0.1) is 0 Å². The molecule has 0 spiro atoms. The van der Waals surface area contributed by atoms with Crippen molar-refractivity contribution < 1.29 is 14.6 Å². The van der Waals surface area contributed by atoms with Crippen LogP contribution in [0.1, 0.15) is 10.5 Å². The number of fused-ring (bicyclic) bond motifs is 1. The van der Waals surface area contributed by atoms with Gasteiger partial charge in [0, 0.05) is 25.0 Å². The molecule has 2 aromatic rings. The van der Waals surface area contributed by atoms with E-state index in [0.717, 1.165) is 17.6 Å². The minimum absolute atomic E-state index is 0.252. The molecule has 1 aromatic heterocycles. The number of para-hydroxylation sites is 1. The van der Waals surface area contributed by atoms with Crippen molar-refractivity contribution in [2.45, 2.75) is 6.23 Å². The highest BCUT2D eigenvalue weighted by Gasteiger charge is 2.26. The lowest BCUT2D eigenvalue weighted by atomic mass is 10.1. The van der Waals surface area contributed by atoms with Crippen LogP contribution < -0.4 is 4.90 Å². The fourth-order valence-corrected chi connectivity index (χ4v) is 2.78. The van der Waals surface area contributed by atoms with Crippen LogP contribution >= 0.6 is 0 Å². The second kappa shape index (κ2) is 5.90. The van der Waals surface area contributed by atoms with E-state index in [0.29, 0.717) is 18.6 Å². The van der Waals surface area contributed by atoms with Crippen molar-refractivity contribution in [3.8, 4) is 0 Å². The summed E-state index contributed by atoms with van der Waals surface area (Å²) >= 11 is 0. The van der Waals surface area contributed by atoms with Crippen molar-refractivity contribution in [1.29, 1.82) is 0 Å². The van der Waals surface area contributed by atoms with E-state index in [1.807, 2.05) is 36.2 Å². The topological polar surface area (TPSA) is 65.9 Å². The van der Waals surface area contributed by atoms with Crippen molar-refractivity contribution in [3.63, 3.8) is 0 Å². The number of hydrogen-bond acceptors (Lipinski definition) is 6. The summed E-state index contributed by atoms with van der Waals surface area (Å²) in [6, 6.07) is 9.30. The number of rotatable bonds is 2. The molecule has 116 valence electrons. The zero-order valence-corrected chi connectivity index (χ0v) is 12.7. The standard InChI is InChI=1S/C16H19N3O3/c1-18-7-8-19(15(20)10-18)14-9-13(16(21)22-2)17-12-6-4-3-5-11(12)14/h3-6,9,15,20H,7-8,10H2,1-2H3. The van der Waals surface area contributed by atoms with Crippen LogP contribution in [0.5, 0.6) is 0 Å². The molecule has 1 aliphatic heterocycles. The van der Waals surface area contributed by atoms with Gasteiger partial charge in [0.1, 0.15) is 6.23 Å². The van der Waals surface area contributed by atoms with Crippen LogP contribution in [0.15, 0.2) is 30.3 Å². The number of aromatic nitrogens is 1. The number of aliphatic hydroxyl groups is 1. The lowest BCUT2D eigenvalue weighted by molar-refractivity contribution is 0.0594. The van der Waals surface area contributed by atoms with Crippen LogP contribution in [0, 0.1) is 0 Å². The number of likely N-dealkylation sites (N-methyl/N-ethyl adjacent to an activating group) is 1. The molecular weight excluding hydrogens is 282 g/mol. The molecular formula is C16H19N3O3. The van der Waals surface area contributed by atoms with E-state index in [1.165, 1.54) is 7.11 Å². The number of carbonyl (C=O) groups excluding carboxylic acids is 1. The molecule has 1 saturated heterocycles. The molecule has 0 aliphatic carbocycles. The van der Waals surface area contributed by atoms with Crippen LogP contribution in [-0.2, 0) is 4.74 Å². The maximum atomic E-state index is 11.9. The second-order valence-corrected chi connectivity index (χ2v) is 5.47. The van der Waals surface area contributed by atoms with Crippen molar-refractivity contribution in [2.75, 3.05) is 38.7 Å². The summed E-state index contributed by atoms with van der Waals surface area (Å²) in [6.45, 7) is 2.10. The monoisotopic (exact) mass is 301 g/mol. The quantitative estimate of drug-likeness (QED) is 0.838. The van der Waals surface area contributed by atoms with Gasteiger partial charge in [-0.05, 0) is 19.2 Å². The fourth-order valence-electron chi connectivity index (χ4n) is 2.78. The Morgan fingerprint density at radius 1 is 1.36 bits per heavy atom. The Balaban J connectivity index is 2.12. The zero-order chi connectivity index (χ0) is 15.7. The van der Waals surface area contributed by atoms with E-state index in [-0.39, 0.29) is 5.69 Å². The Bertz CT molecular complexity index is 704. The minimum atomic E-state index is -0.616. The van der Waals surface area contributed by atoms with Crippen molar-refractivity contribution in [2.24, 2.45) is 0 Å². The van der Waals surface area contributed by atoms with Crippen LogP contribution in [-0.4, -0.2) is 61.0 Å². The van der Waals surface area contributed by atoms with E-state index in [4.69, 9.17) is 4.74 Å². The molecule has 0 radical (unpaired) electrons. The average Bonchev–Trinajstić information content (AvgIpc) is 2.53. The molecule has 6 nitrogen and oxygen atoms in total. The molecule has 6 heteroatoms. The van der Waals surface area contributed by atoms with Gasteiger partial charge in [-0.1, -0.05) is 18.2 Å². The number of ether oxygens (including phenoxy) is 1. The number of anilines is 1. The van der Waals surface area contributed by atoms with Crippen molar-refractivity contribution >= 4 is 22.6 Å². The number of nitrogens with zero attached hydrogens (tertiary/aromatic N) is 3. The number of methoxy groups -OCH3 is 1. The predicted molar refractivity (Wildman–Crippen MR) is 83.9 cm³/mol. The van der Waals surface area contributed by atoms with Gasteiger partial charge in [-0.2, -0.15) is 0 Å².